The average molecular weight is 254 g/mol. The number of aromatic nitrogens is 6. The van der Waals surface area contributed by atoms with Crippen LogP contribution < -0.4 is 4.90 Å². The Kier molecular flexibility index (Phi) is 3.48. The molecule has 0 aliphatic carbocycles. The van der Waals surface area contributed by atoms with Gasteiger partial charge in [-0.25, -0.2) is 4.98 Å². The fourth-order valence-corrected chi connectivity index (χ4v) is 1.54. The molecule has 2 aromatic heterocycles. The van der Waals surface area contributed by atoms with Gasteiger partial charge in [-0.3, -0.25) is 0 Å². The molecule has 17 heavy (non-hydrogen) atoms. The van der Waals surface area contributed by atoms with Crippen molar-refractivity contribution in [1.82, 2.24) is 29.7 Å². The van der Waals surface area contributed by atoms with E-state index in [9.17, 15) is 0 Å². The van der Waals surface area contributed by atoms with Gasteiger partial charge < -0.3 is 4.90 Å². The molecule has 0 unspecified atom stereocenters. The van der Waals surface area contributed by atoms with Crippen LogP contribution in [0.2, 0.25) is 5.28 Å². The Labute approximate surface area is 103 Å². The van der Waals surface area contributed by atoms with E-state index in [2.05, 4.69) is 25.0 Å². The Bertz CT molecular complexity index is 480. The van der Waals surface area contributed by atoms with E-state index in [1.54, 1.807) is 0 Å². The summed E-state index contributed by atoms with van der Waals surface area (Å²) in [5, 5.41) is 4.10. The first-order valence-corrected chi connectivity index (χ1v) is 5.64. The molecule has 2 aromatic rings. The van der Waals surface area contributed by atoms with Crippen molar-refractivity contribution < 1.29 is 0 Å². The Hall–Kier alpha value is -1.76. The first-order chi connectivity index (χ1) is 8.24. The van der Waals surface area contributed by atoms with Gasteiger partial charge in [0.25, 0.3) is 5.95 Å². The highest BCUT2D eigenvalue weighted by Crippen LogP contribution is 2.12. The van der Waals surface area contributed by atoms with Crippen LogP contribution in [-0.4, -0.2) is 42.8 Å². The Morgan fingerprint density at radius 1 is 1.24 bits per heavy atom. The van der Waals surface area contributed by atoms with E-state index in [4.69, 9.17) is 11.6 Å². The van der Waals surface area contributed by atoms with Gasteiger partial charge in [0.1, 0.15) is 12.7 Å². The molecule has 0 aliphatic heterocycles. The minimum absolute atomic E-state index is 0.146. The largest absolute Gasteiger partial charge is 0.341 e. The number of hydrogen-bond acceptors (Lipinski definition) is 6. The van der Waals surface area contributed by atoms with Gasteiger partial charge in [-0.1, -0.05) is 0 Å². The third kappa shape index (κ3) is 2.50. The van der Waals surface area contributed by atoms with Crippen LogP contribution in [0.3, 0.4) is 0 Å². The highest BCUT2D eigenvalue weighted by Gasteiger charge is 2.11. The van der Waals surface area contributed by atoms with Crippen molar-refractivity contribution in [3.05, 3.63) is 17.9 Å². The number of hydrogen-bond donors (Lipinski definition) is 0. The van der Waals surface area contributed by atoms with E-state index in [-0.39, 0.29) is 5.28 Å². The van der Waals surface area contributed by atoms with Crippen molar-refractivity contribution in [1.29, 1.82) is 0 Å². The second-order valence-corrected chi connectivity index (χ2v) is 3.55. The van der Waals surface area contributed by atoms with Gasteiger partial charge in [-0.05, 0) is 25.4 Å². The van der Waals surface area contributed by atoms with Gasteiger partial charge in [0.2, 0.25) is 11.2 Å². The van der Waals surface area contributed by atoms with Crippen LogP contribution in [0.25, 0.3) is 5.95 Å². The molecule has 7 nitrogen and oxygen atoms in total. The van der Waals surface area contributed by atoms with Crippen molar-refractivity contribution in [2.75, 3.05) is 18.0 Å². The maximum atomic E-state index is 5.87. The summed E-state index contributed by atoms with van der Waals surface area (Å²) in [5.74, 6) is 0.907. The van der Waals surface area contributed by atoms with E-state index in [0.717, 1.165) is 13.1 Å². The van der Waals surface area contributed by atoms with Crippen molar-refractivity contribution in [3.63, 3.8) is 0 Å². The summed E-state index contributed by atoms with van der Waals surface area (Å²) in [7, 11) is 0. The van der Waals surface area contributed by atoms with E-state index in [0.29, 0.717) is 11.9 Å². The lowest BCUT2D eigenvalue weighted by atomic mass is 10.5. The molecular weight excluding hydrogens is 242 g/mol. The minimum Gasteiger partial charge on any atom is -0.341 e. The summed E-state index contributed by atoms with van der Waals surface area (Å²) in [6.45, 7) is 5.65. The molecule has 0 spiro atoms. The van der Waals surface area contributed by atoms with Crippen LogP contribution in [0.4, 0.5) is 5.95 Å². The zero-order chi connectivity index (χ0) is 12.3. The number of rotatable bonds is 4. The van der Waals surface area contributed by atoms with Crippen LogP contribution >= 0.6 is 11.6 Å². The molecule has 0 N–H and O–H groups in total. The lowest BCUT2D eigenvalue weighted by Gasteiger charge is -2.18. The number of anilines is 1. The molecule has 0 saturated carbocycles. The standard InChI is InChI=1S/C9H12ClN7/c1-3-16(4-2)8-13-7(10)14-9(15-8)17-6-11-5-12-17/h5-6H,3-4H2,1-2H3. The molecule has 0 aromatic carbocycles. The zero-order valence-corrected chi connectivity index (χ0v) is 10.3. The van der Waals surface area contributed by atoms with E-state index >= 15 is 0 Å². The maximum absolute atomic E-state index is 5.87. The summed E-state index contributed by atoms with van der Waals surface area (Å²) >= 11 is 5.87. The Balaban J connectivity index is 2.42. The molecule has 0 atom stereocenters. The fraction of sp³-hybridized carbons (Fsp3) is 0.444. The minimum atomic E-state index is 0.146. The van der Waals surface area contributed by atoms with Crippen molar-refractivity contribution >= 4 is 17.5 Å². The Morgan fingerprint density at radius 2 is 2.00 bits per heavy atom. The first kappa shape index (κ1) is 11.7. The lowest BCUT2D eigenvalue weighted by molar-refractivity contribution is 0.760. The zero-order valence-electron chi connectivity index (χ0n) is 9.58. The predicted octanol–water partition coefficient (Wildman–Crippen LogP) is 0.952. The smallest absolute Gasteiger partial charge is 0.258 e. The van der Waals surface area contributed by atoms with Gasteiger partial charge in [0.05, 0.1) is 0 Å². The van der Waals surface area contributed by atoms with Gasteiger partial charge in [0.15, 0.2) is 0 Å². The average Bonchev–Trinajstić information content (AvgIpc) is 2.83. The van der Waals surface area contributed by atoms with E-state index in [1.165, 1.54) is 17.3 Å². The number of halogens is 1. The van der Waals surface area contributed by atoms with Crippen molar-refractivity contribution in [3.8, 4) is 5.95 Å². The molecule has 0 bridgehead atoms. The second kappa shape index (κ2) is 5.05. The van der Waals surface area contributed by atoms with Gasteiger partial charge in [-0.15, -0.1) is 0 Å². The third-order valence-corrected chi connectivity index (χ3v) is 2.42. The van der Waals surface area contributed by atoms with Crippen LogP contribution in [0, 0.1) is 0 Å². The molecule has 0 aliphatic rings. The summed E-state index contributed by atoms with van der Waals surface area (Å²) in [6.07, 6.45) is 2.92. The maximum Gasteiger partial charge on any atom is 0.258 e. The van der Waals surface area contributed by atoms with Crippen LogP contribution in [-0.2, 0) is 0 Å². The highest BCUT2D eigenvalue weighted by atomic mass is 35.5. The van der Waals surface area contributed by atoms with Gasteiger partial charge >= 0.3 is 0 Å². The monoisotopic (exact) mass is 253 g/mol. The first-order valence-electron chi connectivity index (χ1n) is 5.26. The quantitative estimate of drug-likeness (QED) is 0.808. The molecular formula is C9H12ClN7. The molecule has 0 radical (unpaired) electrons. The molecule has 0 amide bonds. The second-order valence-electron chi connectivity index (χ2n) is 3.22. The van der Waals surface area contributed by atoms with Crippen LogP contribution in [0.5, 0.6) is 0 Å². The topological polar surface area (TPSA) is 72.6 Å². The predicted molar refractivity (Wildman–Crippen MR) is 63.3 cm³/mol. The Morgan fingerprint density at radius 3 is 2.59 bits per heavy atom. The number of nitrogens with zero attached hydrogens (tertiary/aromatic N) is 7. The SMILES string of the molecule is CCN(CC)c1nc(Cl)nc(-n2cncn2)n1. The molecule has 90 valence electrons. The highest BCUT2D eigenvalue weighted by molar-refractivity contribution is 6.28. The normalized spacial score (nSPS) is 10.5. The molecule has 8 heteroatoms. The van der Waals surface area contributed by atoms with Crippen LogP contribution in [0.15, 0.2) is 12.7 Å². The molecule has 2 rings (SSSR count). The van der Waals surface area contributed by atoms with Crippen molar-refractivity contribution in [2.45, 2.75) is 13.8 Å². The molecule has 0 fully saturated rings. The summed E-state index contributed by atoms with van der Waals surface area (Å²) in [4.78, 5) is 18.2. The molecule has 2 heterocycles. The van der Waals surface area contributed by atoms with E-state index in [1.807, 2.05) is 18.7 Å². The fourth-order valence-electron chi connectivity index (χ4n) is 1.39. The van der Waals surface area contributed by atoms with Gasteiger partial charge in [0, 0.05) is 13.1 Å². The van der Waals surface area contributed by atoms with Crippen molar-refractivity contribution in [2.24, 2.45) is 0 Å². The van der Waals surface area contributed by atoms with E-state index < -0.39 is 0 Å². The van der Waals surface area contributed by atoms with Gasteiger partial charge in [-0.2, -0.15) is 24.7 Å². The summed E-state index contributed by atoms with van der Waals surface area (Å²) < 4.78 is 1.44. The third-order valence-electron chi connectivity index (χ3n) is 2.25. The molecule has 0 saturated heterocycles. The van der Waals surface area contributed by atoms with Crippen LogP contribution in [0.1, 0.15) is 13.8 Å². The lowest BCUT2D eigenvalue weighted by Crippen LogP contribution is -2.25. The summed E-state index contributed by atoms with van der Waals surface area (Å²) in [6, 6.07) is 0. The summed E-state index contributed by atoms with van der Waals surface area (Å²) in [5.41, 5.74) is 0.